The van der Waals surface area contributed by atoms with E-state index in [1.807, 2.05) is 6.20 Å². The lowest BCUT2D eigenvalue weighted by Crippen LogP contribution is -2.35. The van der Waals surface area contributed by atoms with E-state index in [2.05, 4.69) is 69.7 Å². The van der Waals surface area contributed by atoms with Crippen molar-refractivity contribution in [1.29, 1.82) is 0 Å². The fraction of sp³-hybridized carbons (Fsp3) is 0.300. The molecular weight excluding hydrogens is 282 g/mol. The smallest absolute Gasteiger partial charge is 0.159 e. The van der Waals surface area contributed by atoms with Crippen LogP contribution in [0.15, 0.2) is 60.8 Å². The molecule has 1 fully saturated rings. The molecule has 0 N–H and O–H groups in total. The molecule has 2 heterocycles. The lowest BCUT2D eigenvalue weighted by molar-refractivity contribution is 0.402. The number of nitrogens with zero attached hydrogens (tertiary/aromatic N) is 3. The first-order valence-electron chi connectivity index (χ1n) is 8.39. The first-order chi connectivity index (χ1) is 11.4. The summed E-state index contributed by atoms with van der Waals surface area (Å²) in [5.74, 6) is 1.82. The molecule has 1 aliphatic heterocycles. The van der Waals surface area contributed by atoms with Gasteiger partial charge in [-0.3, -0.25) is 0 Å². The third-order valence-electron chi connectivity index (χ3n) is 4.83. The van der Waals surface area contributed by atoms with E-state index in [9.17, 15) is 0 Å². The second-order valence-electron chi connectivity index (χ2n) is 6.38. The fourth-order valence-electron chi connectivity index (χ4n) is 3.54. The Morgan fingerprint density at radius 2 is 1.65 bits per heavy atom. The van der Waals surface area contributed by atoms with Crippen molar-refractivity contribution in [2.75, 3.05) is 18.0 Å². The van der Waals surface area contributed by atoms with E-state index < -0.39 is 0 Å². The third kappa shape index (κ3) is 3.04. The van der Waals surface area contributed by atoms with Crippen molar-refractivity contribution in [3.63, 3.8) is 0 Å². The van der Waals surface area contributed by atoms with Crippen molar-refractivity contribution in [3.8, 4) is 0 Å². The quantitative estimate of drug-likeness (QED) is 0.730. The molecule has 0 bridgehead atoms. The summed E-state index contributed by atoms with van der Waals surface area (Å²) in [6, 6.07) is 19.2. The van der Waals surface area contributed by atoms with Gasteiger partial charge in [0.1, 0.15) is 0 Å². The highest BCUT2D eigenvalue weighted by Crippen LogP contribution is 2.28. The summed E-state index contributed by atoms with van der Waals surface area (Å²) in [4.78, 5) is 2.40. The van der Waals surface area contributed by atoms with Crippen molar-refractivity contribution in [1.82, 2.24) is 10.2 Å². The van der Waals surface area contributed by atoms with Crippen LogP contribution in [0.25, 0.3) is 10.8 Å². The van der Waals surface area contributed by atoms with Crippen LogP contribution in [0.5, 0.6) is 0 Å². The third-order valence-corrected chi connectivity index (χ3v) is 4.83. The van der Waals surface area contributed by atoms with Crippen LogP contribution < -0.4 is 4.90 Å². The second-order valence-corrected chi connectivity index (χ2v) is 6.38. The van der Waals surface area contributed by atoms with Crippen LogP contribution in [0.3, 0.4) is 0 Å². The van der Waals surface area contributed by atoms with Gasteiger partial charge in [-0.05, 0) is 30.7 Å². The van der Waals surface area contributed by atoms with Crippen LogP contribution in [0, 0.1) is 5.92 Å². The maximum atomic E-state index is 4.42. The minimum atomic E-state index is 0.775. The first kappa shape index (κ1) is 14.2. The van der Waals surface area contributed by atoms with Crippen LogP contribution in [0.1, 0.15) is 18.4 Å². The molecule has 0 unspecified atom stereocenters. The highest BCUT2D eigenvalue weighted by Gasteiger charge is 2.21. The number of aromatic nitrogens is 2. The number of fused-ring (bicyclic) bond motifs is 1. The molecule has 0 amide bonds. The maximum absolute atomic E-state index is 4.42. The Morgan fingerprint density at radius 3 is 2.48 bits per heavy atom. The average molecular weight is 303 g/mol. The number of rotatable bonds is 3. The summed E-state index contributed by atoms with van der Waals surface area (Å²) in [5.41, 5.74) is 1.45. The van der Waals surface area contributed by atoms with Crippen LogP contribution in [-0.2, 0) is 6.42 Å². The van der Waals surface area contributed by atoms with Crippen molar-refractivity contribution >= 4 is 16.6 Å². The molecule has 0 spiro atoms. The summed E-state index contributed by atoms with van der Waals surface area (Å²) in [7, 11) is 0. The summed E-state index contributed by atoms with van der Waals surface area (Å²) < 4.78 is 0. The van der Waals surface area contributed by atoms with E-state index in [0.29, 0.717) is 0 Å². The lowest BCUT2D eigenvalue weighted by atomic mass is 9.90. The van der Waals surface area contributed by atoms with Gasteiger partial charge in [0.2, 0.25) is 0 Å². The van der Waals surface area contributed by atoms with Crippen molar-refractivity contribution in [3.05, 3.63) is 66.4 Å². The first-order valence-corrected chi connectivity index (χ1v) is 8.39. The van der Waals surface area contributed by atoms with E-state index in [-0.39, 0.29) is 0 Å². The second kappa shape index (κ2) is 6.37. The largest absolute Gasteiger partial charge is 0.355 e. The van der Waals surface area contributed by atoms with Crippen LogP contribution >= 0.6 is 0 Å². The Hall–Kier alpha value is -2.42. The van der Waals surface area contributed by atoms with Gasteiger partial charge in [0.15, 0.2) is 5.82 Å². The Balaban J connectivity index is 1.47. The summed E-state index contributed by atoms with van der Waals surface area (Å²) in [6.07, 6.45) is 5.48. The SMILES string of the molecule is c1ccc(CC2CCN(c3nncc4ccccc34)CC2)cc1. The molecule has 3 nitrogen and oxygen atoms in total. The normalized spacial score (nSPS) is 15.9. The predicted molar refractivity (Wildman–Crippen MR) is 94.6 cm³/mol. The van der Waals surface area contributed by atoms with Crippen molar-refractivity contribution in [2.45, 2.75) is 19.3 Å². The molecule has 1 aliphatic rings. The number of benzene rings is 2. The molecule has 4 rings (SSSR count). The Bertz CT molecular complexity index is 772. The number of hydrogen-bond acceptors (Lipinski definition) is 3. The lowest BCUT2D eigenvalue weighted by Gasteiger charge is -2.33. The molecule has 0 aliphatic carbocycles. The fourth-order valence-corrected chi connectivity index (χ4v) is 3.54. The van der Waals surface area contributed by atoms with Crippen LogP contribution in [-0.4, -0.2) is 23.3 Å². The maximum Gasteiger partial charge on any atom is 0.159 e. The molecule has 0 radical (unpaired) electrons. The molecule has 1 saturated heterocycles. The van der Waals surface area contributed by atoms with Gasteiger partial charge in [0, 0.05) is 23.9 Å². The average Bonchev–Trinajstić information content (AvgIpc) is 2.63. The number of piperidine rings is 1. The topological polar surface area (TPSA) is 29.0 Å². The van der Waals surface area contributed by atoms with Gasteiger partial charge in [-0.2, -0.15) is 5.10 Å². The van der Waals surface area contributed by atoms with Gasteiger partial charge >= 0.3 is 0 Å². The van der Waals surface area contributed by atoms with Gasteiger partial charge in [-0.25, -0.2) is 0 Å². The van der Waals surface area contributed by atoms with Crippen molar-refractivity contribution < 1.29 is 0 Å². The summed E-state index contributed by atoms with van der Waals surface area (Å²) >= 11 is 0. The molecular formula is C20H21N3. The van der Waals surface area contributed by atoms with E-state index >= 15 is 0 Å². The Kier molecular flexibility index (Phi) is 3.93. The standard InChI is InChI=1S/C20H21N3/c1-2-6-16(7-3-1)14-17-10-12-23(13-11-17)20-19-9-5-4-8-18(19)15-21-22-20/h1-9,15,17H,10-14H2. The highest BCUT2D eigenvalue weighted by molar-refractivity contribution is 5.91. The summed E-state index contributed by atoms with van der Waals surface area (Å²) in [6.45, 7) is 2.14. The van der Waals surface area contributed by atoms with E-state index in [0.717, 1.165) is 24.8 Å². The molecule has 3 aromatic rings. The van der Waals surface area contributed by atoms with Crippen LogP contribution in [0.4, 0.5) is 5.82 Å². The van der Waals surface area contributed by atoms with Gasteiger partial charge in [0.05, 0.1) is 6.20 Å². The Labute approximate surface area is 137 Å². The predicted octanol–water partition coefficient (Wildman–Crippen LogP) is 4.09. The van der Waals surface area contributed by atoms with E-state index in [1.165, 1.54) is 35.6 Å². The minimum absolute atomic E-state index is 0.775. The molecule has 2 aromatic carbocycles. The van der Waals surface area contributed by atoms with Crippen LogP contribution in [0.2, 0.25) is 0 Å². The van der Waals surface area contributed by atoms with E-state index in [1.54, 1.807) is 0 Å². The molecule has 1 aromatic heterocycles. The zero-order chi connectivity index (χ0) is 15.5. The molecule has 0 saturated carbocycles. The number of hydrogen-bond donors (Lipinski definition) is 0. The molecule has 23 heavy (non-hydrogen) atoms. The minimum Gasteiger partial charge on any atom is -0.355 e. The molecule has 0 atom stereocenters. The van der Waals surface area contributed by atoms with Gasteiger partial charge in [-0.1, -0.05) is 54.6 Å². The van der Waals surface area contributed by atoms with Gasteiger partial charge in [0.25, 0.3) is 0 Å². The molecule has 3 heteroatoms. The molecule has 116 valence electrons. The Morgan fingerprint density at radius 1 is 0.913 bits per heavy atom. The zero-order valence-electron chi connectivity index (χ0n) is 13.2. The highest BCUT2D eigenvalue weighted by atomic mass is 15.3. The van der Waals surface area contributed by atoms with E-state index in [4.69, 9.17) is 0 Å². The zero-order valence-corrected chi connectivity index (χ0v) is 13.2. The van der Waals surface area contributed by atoms with Crippen molar-refractivity contribution in [2.24, 2.45) is 5.92 Å². The van der Waals surface area contributed by atoms with Gasteiger partial charge in [-0.15, -0.1) is 5.10 Å². The monoisotopic (exact) mass is 303 g/mol. The number of anilines is 1. The summed E-state index contributed by atoms with van der Waals surface area (Å²) in [5, 5.41) is 11.0. The van der Waals surface area contributed by atoms with Gasteiger partial charge < -0.3 is 4.90 Å².